The molecule has 0 bridgehead atoms. The predicted molar refractivity (Wildman–Crippen MR) is 111 cm³/mol. The number of guanidine groups is 1. The first-order chi connectivity index (χ1) is 10.6. The number of aliphatic imine (C=N–C) groups is 1. The second-order valence-corrected chi connectivity index (χ2v) is 7.04. The Hall–Kier alpha value is -0.630. The molecule has 0 aromatic heterocycles. The van der Waals surface area contributed by atoms with E-state index in [-0.39, 0.29) is 35.6 Å². The van der Waals surface area contributed by atoms with Gasteiger partial charge in [-0.1, -0.05) is 18.2 Å². The fourth-order valence-electron chi connectivity index (χ4n) is 2.66. The van der Waals surface area contributed by atoms with Crippen LogP contribution in [0.25, 0.3) is 0 Å². The van der Waals surface area contributed by atoms with Crippen molar-refractivity contribution >= 4 is 41.7 Å². The van der Waals surface area contributed by atoms with Crippen LogP contribution in [-0.4, -0.2) is 36.7 Å². The van der Waals surface area contributed by atoms with E-state index >= 15 is 0 Å². The SMILES string of the molecule is CCNC(=NCCSC)NC1CC(C)(C)Oc2ccccc21.I. The van der Waals surface area contributed by atoms with Crippen LogP contribution >= 0.6 is 35.7 Å². The molecule has 0 saturated heterocycles. The van der Waals surface area contributed by atoms with E-state index in [1.54, 1.807) is 0 Å². The summed E-state index contributed by atoms with van der Waals surface area (Å²) in [6, 6.07) is 8.48. The zero-order valence-corrected chi connectivity index (χ0v) is 17.5. The molecule has 4 nitrogen and oxygen atoms in total. The molecule has 1 unspecified atom stereocenters. The molecule has 0 fully saturated rings. The van der Waals surface area contributed by atoms with E-state index in [2.05, 4.69) is 54.8 Å². The van der Waals surface area contributed by atoms with E-state index in [0.717, 1.165) is 37.0 Å². The Morgan fingerprint density at radius 2 is 2.13 bits per heavy atom. The number of hydrogen-bond acceptors (Lipinski definition) is 3. The van der Waals surface area contributed by atoms with Gasteiger partial charge in [0.05, 0.1) is 12.6 Å². The van der Waals surface area contributed by atoms with Gasteiger partial charge in [0.25, 0.3) is 0 Å². The van der Waals surface area contributed by atoms with Crippen molar-refractivity contribution in [3.8, 4) is 5.75 Å². The molecule has 1 heterocycles. The number of thioether (sulfide) groups is 1. The van der Waals surface area contributed by atoms with E-state index in [1.165, 1.54) is 5.56 Å². The Morgan fingerprint density at radius 3 is 2.83 bits per heavy atom. The first kappa shape index (κ1) is 20.4. The molecule has 1 aromatic carbocycles. The van der Waals surface area contributed by atoms with Crippen molar-refractivity contribution in [3.63, 3.8) is 0 Å². The third-order valence-electron chi connectivity index (χ3n) is 3.60. The summed E-state index contributed by atoms with van der Waals surface area (Å²) in [6.07, 6.45) is 3.02. The maximum Gasteiger partial charge on any atom is 0.191 e. The molecule has 2 rings (SSSR count). The minimum absolute atomic E-state index is 0. The van der Waals surface area contributed by atoms with Gasteiger partial charge in [0.2, 0.25) is 0 Å². The molecule has 1 aliphatic heterocycles. The fourth-order valence-corrected chi connectivity index (χ4v) is 2.94. The molecule has 0 radical (unpaired) electrons. The second kappa shape index (κ2) is 9.61. The highest BCUT2D eigenvalue weighted by Crippen LogP contribution is 2.39. The molecule has 0 aliphatic carbocycles. The van der Waals surface area contributed by atoms with Gasteiger partial charge in [-0.05, 0) is 33.1 Å². The van der Waals surface area contributed by atoms with Gasteiger partial charge >= 0.3 is 0 Å². The zero-order valence-electron chi connectivity index (χ0n) is 14.4. The van der Waals surface area contributed by atoms with Gasteiger partial charge in [-0.15, -0.1) is 24.0 Å². The Bertz CT molecular complexity index is 522. The molecule has 1 aromatic rings. The number of para-hydroxylation sites is 1. The first-order valence-corrected chi connectivity index (χ1v) is 9.27. The summed E-state index contributed by atoms with van der Waals surface area (Å²) in [6.45, 7) is 8.04. The number of hydrogen-bond donors (Lipinski definition) is 2. The fraction of sp³-hybridized carbons (Fsp3) is 0.588. The van der Waals surface area contributed by atoms with E-state index in [9.17, 15) is 0 Å². The Morgan fingerprint density at radius 1 is 1.39 bits per heavy atom. The molecule has 23 heavy (non-hydrogen) atoms. The van der Waals surface area contributed by atoms with Crippen molar-refractivity contribution in [2.24, 2.45) is 4.99 Å². The van der Waals surface area contributed by atoms with Crippen molar-refractivity contribution in [2.75, 3.05) is 25.1 Å². The monoisotopic (exact) mass is 449 g/mol. The summed E-state index contributed by atoms with van der Waals surface area (Å²) in [4.78, 5) is 4.65. The number of ether oxygens (including phenoxy) is 1. The second-order valence-electron chi connectivity index (χ2n) is 6.05. The van der Waals surface area contributed by atoms with E-state index in [1.807, 2.05) is 23.9 Å². The van der Waals surface area contributed by atoms with Crippen LogP contribution in [0, 0.1) is 0 Å². The van der Waals surface area contributed by atoms with Crippen molar-refractivity contribution < 1.29 is 4.74 Å². The smallest absolute Gasteiger partial charge is 0.191 e. The molecular weight excluding hydrogens is 421 g/mol. The summed E-state index contributed by atoms with van der Waals surface area (Å²) in [5.74, 6) is 2.89. The maximum absolute atomic E-state index is 6.09. The Labute approximate surface area is 161 Å². The van der Waals surface area contributed by atoms with Gasteiger partial charge in [-0.2, -0.15) is 11.8 Å². The van der Waals surface area contributed by atoms with Gasteiger partial charge < -0.3 is 15.4 Å². The van der Waals surface area contributed by atoms with E-state index in [0.29, 0.717) is 0 Å². The van der Waals surface area contributed by atoms with Crippen molar-refractivity contribution in [3.05, 3.63) is 29.8 Å². The van der Waals surface area contributed by atoms with Gasteiger partial charge in [-0.3, -0.25) is 4.99 Å². The summed E-state index contributed by atoms with van der Waals surface area (Å²) in [7, 11) is 0. The van der Waals surface area contributed by atoms with Crippen LogP contribution in [0.1, 0.15) is 38.8 Å². The van der Waals surface area contributed by atoms with Crippen molar-refractivity contribution in [2.45, 2.75) is 38.8 Å². The molecular formula is C17H28IN3OS. The Kier molecular flexibility index (Phi) is 8.53. The summed E-state index contributed by atoms with van der Waals surface area (Å²) in [5.41, 5.74) is 1.03. The van der Waals surface area contributed by atoms with Crippen molar-refractivity contribution in [1.82, 2.24) is 10.6 Å². The highest BCUT2D eigenvalue weighted by atomic mass is 127. The van der Waals surface area contributed by atoms with Crippen LogP contribution in [-0.2, 0) is 0 Å². The van der Waals surface area contributed by atoms with Crippen LogP contribution in [0.5, 0.6) is 5.75 Å². The summed E-state index contributed by atoms with van der Waals surface area (Å²) >= 11 is 1.81. The van der Waals surface area contributed by atoms with Gasteiger partial charge in [-0.25, -0.2) is 0 Å². The summed E-state index contributed by atoms with van der Waals surface area (Å²) in [5, 5.41) is 6.91. The lowest BCUT2D eigenvalue weighted by atomic mass is 9.90. The molecule has 130 valence electrons. The normalized spacial score (nSPS) is 19.1. The van der Waals surface area contributed by atoms with E-state index < -0.39 is 0 Å². The molecule has 0 spiro atoms. The average Bonchev–Trinajstić information content (AvgIpc) is 2.46. The number of fused-ring (bicyclic) bond motifs is 1. The molecule has 2 N–H and O–H groups in total. The number of benzene rings is 1. The third-order valence-corrected chi connectivity index (χ3v) is 4.19. The molecule has 6 heteroatoms. The minimum Gasteiger partial charge on any atom is -0.487 e. The standard InChI is InChI=1S/C17H27N3OS.HI/c1-5-18-16(19-10-11-22-4)20-14-12-17(2,3)21-15-9-7-6-8-13(14)15;/h6-9,14H,5,10-12H2,1-4H3,(H2,18,19,20);1H. The highest BCUT2D eigenvalue weighted by Gasteiger charge is 2.33. The van der Waals surface area contributed by atoms with Gasteiger partial charge in [0.1, 0.15) is 11.4 Å². The van der Waals surface area contributed by atoms with Crippen LogP contribution in [0.15, 0.2) is 29.3 Å². The van der Waals surface area contributed by atoms with E-state index in [4.69, 9.17) is 4.74 Å². The largest absolute Gasteiger partial charge is 0.487 e. The van der Waals surface area contributed by atoms with Gasteiger partial charge in [0, 0.05) is 24.3 Å². The van der Waals surface area contributed by atoms with Crippen LogP contribution in [0.2, 0.25) is 0 Å². The number of nitrogens with one attached hydrogen (secondary N) is 2. The lowest BCUT2D eigenvalue weighted by Gasteiger charge is -2.38. The third kappa shape index (κ3) is 6.06. The number of halogens is 1. The van der Waals surface area contributed by atoms with Crippen LogP contribution in [0.4, 0.5) is 0 Å². The zero-order chi connectivity index (χ0) is 16.0. The van der Waals surface area contributed by atoms with Crippen LogP contribution < -0.4 is 15.4 Å². The molecule has 0 amide bonds. The van der Waals surface area contributed by atoms with Crippen molar-refractivity contribution in [1.29, 1.82) is 0 Å². The Balaban J connectivity index is 0.00000264. The average molecular weight is 449 g/mol. The van der Waals surface area contributed by atoms with Gasteiger partial charge in [0.15, 0.2) is 5.96 Å². The topological polar surface area (TPSA) is 45.7 Å². The molecule has 1 aliphatic rings. The molecule has 1 atom stereocenters. The highest BCUT2D eigenvalue weighted by molar-refractivity contribution is 14.0. The minimum atomic E-state index is -0.178. The first-order valence-electron chi connectivity index (χ1n) is 7.87. The maximum atomic E-state index is 6.09. The lowest BCUT2D eigenvalue weighted by molar-refractivity contribution is 0.0694. The van der Waals surface area contributed by atoms with Crippen LogP contribution in [0.3, 0.4) is 0 Å². The number of rotatable bonds is 5. The number of nitrogens with zero attached hydrogens (tertiary/aromatic N) is 1. The predicted octanol–water partition coefficient (Wildman–Crippen LogP) is 3.82. The molecule has 0 saturated carbocycles. The quantitative estimate of drug-likeness (QED) is 0.311. The lowest BCUT2D eigenvalue weighted by Crippen LogP contribution is -2.45. The summed E-state index contributed by atoms with van der Waals surface area (Å²) < 4.78 is 6.09.